The number of carbonyl (C=O) groups is 1. The molecule has 0 saturated heterocycles. The van der Waals surface area contributed by atoms with E-state index in [4.69, 9.17) is 15.2 Å². The molecular formula is C15H18F3N3O3. The number of esters is 1. The monoisotopic (exact) mass is 345 g/mol. The lowest BCUT2D eigenvalue weighted by atomic mass is 10.2. The van der Waals surface area contributed by atoms with Crippen molar-refractivity contribution in [1.82, 2.24) is 9.55 Å². The van der Waals surface area contributed by atoms with E-state index in [9.17, 15) is 18.0 Å². The Hall–Kier alpha value is -2.45. The van der Waals surface area contributed by atoms with Crippen LogP contribution in [0, 0.1) is 0 Å². The van der Waals surface area contributed by atoms with Crippen molar-refractivity contribution in [3.05, 3.63) is 17.5 Å². The number of hydrogen-bond acceptors (Lipinski definition) is 5. The number of nitrogens with zero attached hydrogens (tertiary/aromatic N) is 2. The Labute approximate surface area is 136 Å². The van der Waals surface area contributed by atoms with Crippen LogP contribution in [0.3, 0.4) is 0 Å². The van der Waals surface area contributed by atoms with Crippen LogP contribution >= 0.6 is 0 Å². The SMILES string of the molecule is CCOC(=O)c1c(OCC(F)(F)F)c2cc(N)c(CC)nc2n1C. The summed E-state index contributed by atoms with van der Waals surface area (Å²) in [5.41, 5.74) is 6.96. The summed E-state index contributed by atoms with van der Waals surface area (Å²) < 4.78 is 48.8. The van der Waals surface area contributed by atoms with Gasteiger partial charge < -0.3 is 19.8 Å². The average Bonchev–Trinajstić information content (AvgIpc) is 2.75. The molecule has 9 heteroatoms. The average molecular weight is 345 g/mol. The molecule has 0 radical (unpaired) electrons. The highest BCUT2D eigenvalue weighted by atomic mass is 19.4. The van der Waals surface area contributed by atoms with Gasteiger partial charge in [-0.2, -0.15) is 13.2 Å². The lowest BCUT2D eigenvalue weighted by Crippen LogP contribution is -2.20. The highest BCUT2D eigenvalue weighted by Crippen LogP contribution is 2.35. The topological polar surface area (TPSA) is 79.4 Å². The molecule has 2 heterocycles. The molecule has 0 saturated carbocycles. The van der Waals surface area contributed by atoms with Gasteiger partial charge in [0, 0.05) is 7.05 Å². The number of rotatable bonds is 5. The summed E-state index contributed by atoms with van der Waals surface area (Å²) >= 11 is 0. The Balaban J connectivity index is 2.67. The molecule has 0 atom stereocenters. The van der Waals surface area contributed by atoms with E-state index in [0.29, 0.717) is 23.4 Å². The van der Waals surface area contributed by atoms with Gasteiger partial charge in [-0.1, -0.05) is 6.92 Å². The zero-order valence-electron chi connectivity index (χ0n) is 13.5. The van der Waals surface area contributed by atoms with Gasteiger partial charge in [0.2, 0.25) is 0 Å². The Morgan fingerprint density at radius 2 is 2.04 bits per heavy atom. The summed E-state index contributed by atoms with van der Waals surface area (Å²) in [5, 5.41) is 0.236. The number of nitrogens with two attached hydrogens (primary N) is 1. The number of hydrogen-bond donors (Lipinski definition) is 1. The van der Waals surface area contributed by atoms with Crippen molar-refractivity contribution in [2.24, 2.45) is 7.05 Å². The minimum Gasteiger partial charge on any atom is -0.481 e. The van der Waals surface area contributed by atoms with Crippen LogP contribution in [0.1, 0.15) is 30.0 Å². The first kappa shape index (κ1) is 17.9. The lowest BCUT2D eigenvalue weighted by Gasteiger charge is -2.11. The van der Waals surface area contributed by atoms with Gasteiger partial charge in [0.1, 0.15) is 5.65 Å². The molecule has 2 N–H and O–H groups in total. The van der Waals surface area contributed by atoms with Gasteiger partial charge in [-0.05, 0) is 19.4 Å². The van der Waals surface area contributed by atoms with Crippen molar-refractivity contribution in [3.63, 3.8) is 0 Å². The number of nitrogen functional groups attached to an aromatic ring is 1. The number of pyridine rings is 1. The van der Waals surface area contributed by atoms with E-state index in [1.165, 1.54) is 17.7 Å². The molecule has 0 aromatic carbocycles. The van der Waals surface area contributed by atoms with E-state index in [2.05, 4.69) is 4.98 Å². The van der Waals surface area contributed by atoms with Gasteiger partial charge in [0.05, 0.1) is 23.4 Å². The van der Waals surface area contributed by atoms with E-state index in [1.54, 1.807) is 6.92 Å². The first-order valence-corrected chi connectivity index (χ1v) is 7.34. The maximum Gasteiger partial charge on any atom is 0.422 e. The maximum atomic E-state index is 12.5. The molecule has 0 spiro atoms. The van der Waals surface area contributed by atoms with Crippen LogP contribution in [0.15, 0.2) is 6.07 Å². The van der Waals surface area contributed by atoms with Gasteiger partial charge in [-0.15, -0.1) is 0 Å². The number of aromatic nitrogens is 2. The van der Waals surface area contributed by atoms with Gasteiger partial charge >= 0.3 is 12.1 Å². The third-order valence-corrected chi connectivity index (χ3v) is 3.41. The Bertz CT molecular complexity index is 769. The fraction of sp³-hybridized carbons (Fsp3) is 0.467. The van der Waals surface area contributed by atoms with Crippen molar-refractivity contribution < 1.29 is 27.4 Å². The van der Waals surface area contributed by atoms with Crippen LogP contribution in [-0.2, 0) is 18.2 Å². The summed E-state index contributed by atoms with van der Waals surface area (Å²) in [7, 11) is 1.51. The molecule has 0 unspecified atom stereocenters. The minimum absolute atomic E-state index is 0.0782. The standard InChI is InChI=1S/C15H18F3N3O3/c1-4-10-9(19)6-8-12(24-7-15(16,17)18)11(14(22)23-5-2)21(3)13(8)20-10/h6H,4-5,7,19H2,1-3H3. The Morgan fingerprint density at radius 3 is 2.58 bits per heavy atom. The first-order valence-electron chi connectivity index (χ1n) is 7.34. The second-order valence-corrected chi connectivity index (χ2v) is 5.11. The smallest absolute Gasteiger partial charge is 0.422 e. The summed E-state index contributed by atoms with van der Waals surface area (Å²) in [5.74, 6) is -1.02. The van der Waals surface area contributed by atoms with E-state index in [-0.39, 0.29) is 23.4 Å². The summed E-state index contributed by atoms with van der Waals surface area (Å²) in [4.78, 5) is 16.5. The number of halogens is 3. The van der Waals surface area contributed by atoms with E-state index >= 15 is 0 Å². The molecule has 0 fully saturated rings. The number of alkyl halides is 3. The van der Waals surface area contributed by atoms with Crippen molar-refractivity contribution in [2.75, 3.05) is 18.9 Å². The number of ether oxygens (including phenoxy) is 2. The highest BCUT2D eigenvalue weighted by molar-refractivity contribution is 6.01. The molecule has 0 aliphatic heterocycles. The Morgan fingerprint density at radius 1 is 1.38 bits per heavy atom. The third-order valence-electron chi connectivity index (χ3n) is 3.41. The zero-order valence-corrected chi connectivity index (χ0v) is 13.5. The zero-order chi connectivity index (χ0) is 18.1. The summed E-state index contributed by atoms with van der Waals surface area (Å²) in [6, 6.07) is 1.47. The Kier molecular flexibility index (Phi) is 4.91. The van der Waals surface area contributed by atoms with E-state index in [0.717, 1.165) is 0 Å². The highest BCUT2D eigenvalue weighted by Gasteiger charge is 2.32. The number of carbonyl (C=O) groups excluding carboxylic acids is 1. The minimum atomic E-state index is -4.55. The normalized spacial score (nSPS) is 11.8. The lowest BCUT2D eigenvalue weighted by molar-refractivity contribution is -0.153. The second kappa shape index (κ2) is 6.58. The summed E-state index contributed by atoms with van der Waals surface area (Å²) in [6.45, 7) is 1.99. The van der Waals surface area contributed by atoms with Crippen LogP contribution < -0.4 is 10.5 Å². The van der Waals surface area contributed by atoms with E-state index < -0.39 is 18.8 Å². The number of fused-ring (bicyclic) bond motifs is 1. The molecule has 0 amide bonds. The van der Waals surface area contributed by atoms with Crippen molar-refractivity contribution in [3.8, 4) is 5.75 Å². The summed E-state index contributed by atoms with van der Waals surface area (Å²) in [6.07, 6.45) is -4.00. The molecule has 2 aromatic rings. The largest absolute Gasteiger partial charge is 0.481 e. The van der Waals surface area contributed by atoms with Gasteiger partial charge in [-0.3, -0.25) is 0 Å². The number of aryl methyl sites for hydroxylation is 2. The van der Waals surface area contributed by atoms with Crippen LogP contribution in [0.2, 0.25) is 0 Å². The molecule has 6 nitrogen and oxygen atoms in total. The predicted octanol–water partition coefficient (Wildman–Crippen LogP) is 2.84. The van der Waals surface area contributed by atoms with Gasteiger partial charge in [0.15, 0.2) is 18.1 Å². The maximum absolute atomic E-state index is 12.5. The van der Waals surface area contributed by atoms with E-state index in [1.807, 2.05) is 6.92 Å². The molecule has 0 aliphatic carbocycles. The predicted molar refractivity (Wildman–Crippen MR) is 82.0 cm³/mol. The van der Waals surface area contributed by atoms with Crippen LogP contribution in [-0.4, -0.2) is 34.9 Å². The quantitative estimate of drug-likeness (QED) is 0.843. The molecule has 24 heavy (non-hydrogen) atoms. The van der Waals surface area contributed by atoms with Crippen LogP contribution in [0.5, 0.6) is 5.75 Å². The molecule has 132 valence electrons. The molecule has 2 rings (SSSR count). The second-order valence-electron chi connectivity index (χ2n) is 5.11. The van der Waals surface area contributed by atoms with Crippen molar-refractivity contribution in [2.45, 2.75) is 26.4 Å². The van der Waals surface area contributed by atoms with Crippen LogP contribution in [0.4, 0.5) is 18.9 Å². The fourth-order valence-electron chi connectivity index (χ4n) is 2.38. The molecule has 2 aromatic heterocycles. The third kappa shape index (κ3) is 3.39. The van der Waals surface area contributed by atoms with Crippen molar-refractivity contribution in [1.29, 1.82) is 0 Å². The fourth-order valence-corrected chi connectivity index (χ4v) is 2.38. The van der Waals surface area contributed by atoms with Gasteiger partial charge in [-0.25, -0.2) is 9.78 Å². The molecular weight excluding hydrogens is 327 g/mol. The molecule has 0 aliphatic rings. The molecule has 0 bridgehead atoms. The van der Waals surface area contributed by atoms with Gasteiger partial charge in [0.25, 0.3) is 0 Å². The number of anilines is 1. The first-order chi connectivity index (χ1) is 11.2. The van der Waals surface area contributed by atoms with Crippen LogP contribution in [0.25, 0.3) is 11.0 Å². The van der Waals surface area contributed by atoms with Crippen molar-refractivity contribution >= 4 is 22.7 Å².